The number of carbonyl (C=O) groups is 1. The average molecular weight is 343 g/mol. The molecule has 0 aliphatic carbocycles. The van der Waals surface area contributed by atoms with E-state index in [0.29, 0.717) is 18.1 Å². The lowest BCUT2D eigenvalue weighted by Gasteiger charge is -2.22. The Morgan fingerprint density at radius 1 is 1.30 bits per heavy atom. The minimum Gasteiger partial charge on any atom is -0.486 e. The summed E-state index contributed by atoms with van der Waals surface area (Å²) in [5.41, 5.74) is 5.55. The lowest BCUT2D eigenvalue weighted by molar-refractivity contribution is 0.0712. The number of likely N-dealkylation sites (N-methyl/N-ethyl adjacent to an activating group) is 1. The summed E-state index contributed by atoms with van der Waals surface area (Å²) in [5, 5.41) is 0. The van der Waals surface area contributed by atoms with Gasteiger partial charge in [0, 0.05) is 19.6 Å². The first-order chi connectivity index (χ1) is 10.5. The Bertz CT molecular complexity index is 631. The number of nitrogens with zero attached hydrogens (tertiary/aromatic N) is 1. The van der Waals surface area contributed by atoms with Gasteiger partial charge in [0.2, 0.25) is 0 Å². The molecule has 0 spiro atoms. The summed E-state index contributed by atoms with van der Waals surface area (Å²) in [6.07, 6.45) is 0. The van der Waals surface area contributed by atoms with Crippen molar-refractivity contribution in [3.05, 3.63) is 53.7 Å². The molecule has 0 aliphatic heterocycles. The number of ether oxygens (including phenoxy) is 1. The van der Waals surface area contributed by atoms with Gasteiger partial charge in [-0.1, -0.05) is 0 Å². The number of benzene rings is 1. The Balaban J connectivity index is 0.00000264. The first-order valence-corrected chi connectivity index (χ1v) is 6.95. The fourth-order valence-corrected chi connectivity index (χ4v) is 1.79. The van der Waals surface area contributed by atoms with E-state index in [0.717, 1.165) is 0 Å². The molecule has 1 atom stereocenters. The molecule has 1 aromatic heterocycles. The van der Waals surface area contributed by atoms with E-state index < -0.39 is 0 Å². The van der Waals surface area contributed by atoms with Crippen LogP contribution in [0, 0.1) is 5.82 Å². The maximum Gasteiger partial charge on any atom is 0.289 e. The van der Waals surface area contributed by atoms with Crippen molar-refractivity contribution in [3.63, 3.8) is 0 Å². The highest BCUT2D eigenvalue weighted by molar-refractivity contribution is 5.91. The van der Waals surface area contributed by atoms with Crippen LogP contribution in [0.4, 0.5) is 4.39 Å². The average Bonchev–Trinajstić information content (AvgIpc) is 3.01. The van der Waals surface area contributed by atoms with Crippen LogP contribution in [0.2, 0.25) is 0 Å². The number of hydrogen-bond acceptors (Lipinski definition) is 4. The van der Waals surface area contributed by atoms with Crippen LogP contribution >= 0.6 is 12.4 Å². The van der Waals surface area contributed by atoms with Gasteiger partial charge in [0.1, 0.15) is 23.9 Å². The zero-order valence-corrected chi connectivity index (χ0v) is 13.8. The predicted octanol–water partition coefficient (Wildman–Crippen LogP) is 2.84. The van der Waals surface area contributed by atoms with E-state index in [1.165, 1.54) is 29.2 Å². The highest BCUT2D eigenvalue weighted by Gasteiger charge is 2.19. The molecule has 1 amide bonds. The third kappa shape index (κ3) is 4.97. The van der Waals surface area contributed by atoms with Gasteiger partial charge in [-0.15, -0.1) is 12.4 Å². The third-order valence-corrected chi connectivity index (χ3v) is 3.39. The Morgan fingerprint density at radius 2 is 1.96 bits per heavy atom. The first kappa shape index (κ1) is 19.0. The summed E-state index contributed by atoms with van der Waals surface area (Å²) >= 11 is 0. The van der Waals surface area contributed by atoms with Crippen molar-refractivity contribution in [3.8, 4) is 5.75 Å². The van der Waals surface area contributed by atoms with Crippen LogP contribution in [0.5, 0.6) is 5.75 Å². The van der Waals surface area contributed by atoms with Gasteiger partial charge in [-0.05, 0) is 43.3 Å². The smallest absolute Gasteiger partial charge is 0.289 e. The predicted molar refractivity (Wildman–Crippen MR) is 87.3 cm³/mol. The van der Waals surface area contributed by atoms with Gasteiger partial charge in [0.25, 0.3) is 5.91 Å². The highest BCUT2D eigenvalue weighted by Crippen LogP contribution is 2.16. The van der Waals surface area contributed by atoms with Crippen molar-refractivity contribution in [1.29, 1.82) is 0 Å². The van der Waals surface area contributed by atoms with E-state index in [1.807, 2.05) is 6.92 Å². The minimum absolute atomic E-state index is 0. The Hall–Kier alpha value is -2.05. The number of furan rings is 1. The number of carbonyl (C=O) groups excluding carboxylic acids is 1. The molecule has 0 fully saturated rings. The van der Waals surface area contributed by atoms with Crippen molar-refractivity contribution in [2.24, 2.45) is 5.73 Å². The van der Waals surface area contributed by atoms with Crippen LogP contribution in [0.1, 0.15) is 23.2 Å². The van der Waals surface area contributed by atoms with Crippen LogP contribution in [0.25, 0.3) is 0 Å². The molecule has 0 saturated carbocycles. The second-order valence-corrected chi connectivity index (χ2v) is 5.01. The van der Waals surface area contributed by atoms with Crippen LogP contribution in [-0.2, 0) is 6.61 Å². The maximum absolute atomic E-state index is 12.8. The molecule has 2 rings (SSSR count). The van der Waals surface area contributed by atoms with Gasteiger partial charge in [-0.3, -0.25) is 4.79 Å². The normalized spacial score (nSPS) is 11.5. The Morgan fingerprint density at radius 3 is 2.57 bits per heavy atom. The number of nitrogens with two attached hydrogens (primary N) is 1. The lowest BCUT2D eigenvalue weighted by Crippen LogP contribution is -2.39. The second kappa shape index (κ2) is 8.55. The molecule has 0 aliphatic rings. The fraction of sp³-hybridized carbons (Fsp3) is 0.312. The van der Waals surface area contributed by atoms with Gasteiger partial charge in [0.05, 0.1) is 0 Å². The molecular weight excluding hydrogens is 323 g/mol. The summed E-state index contributed by atoms with van der Waals surface area (Å²) in [6, 6.07) is 8.90. The summed E-state index contributed by atoms with van der Waals surface area (Å²) in [4.78, 5) is 13.7. The molecule has 126 valence electrons. The van der Waals surface area contributed by atoms with Gasteiger partial charge < -0.3 is 19.8 Å². The molecule has 23 heavy (non-hydrogen) atoms. The second-order valence-electron chi connectivity index (χ2n) is 5.01. The molecule has 1 heterocycles. The van der Waals surface area contributed by atoms with Crippen LogP contribution in [-0.4, -0.2) is 30.4 Å². The molecule has 1 unspecified atom stereocenters. The molecule has 0 radical (unpaired) electrons. The van der Waals surface area contributed by atoms with Crippen LogP contribution in [0.15, 0.2) is 40.8 Å². The fourth-order valence-electron chi connectivity index (χ4n) is 1.79. The number of hydrogen-bond donors (Lipinski definition) is 1. The third-order valence-electron chi connectivity index (χ3n) is 3.39. The minimum atomic E-state index is -0.324. The van der Waals surface area contributed by atoms with Gasteiger partial charge in [-0.2, -0.15) is 0 Å². The van der Waals surface area contributed by atoms with E-state index in [4.69, 9.17) is 14.9 Å². The number of rotatable bonds is 6. The van der Waals surface area contributed by atoms with Crippen LogP contribution < -0.4 is 10.5 Å². The summed E-state index contributed by atoms with van der Waals surface area (Å²) in [7, 11) is 1.68. The molecular formula is C16H20ClFN2O3. The van der Waals surface area contributed by atoms with E-state index >= 15 is 0 Å². The lowest BCUT2D eigenvalue weighted by atomic mass is 10.3. The number of halogens is 2. The first-order valence-electron chi connectivity index (χ1n) is 6.95. The van der Waals surface area contributed by atoms with E-state index in [1.54, 1.807) is 19.2 Å². The van der Waals surface area contributed by atoms with Crippen molar-refractivity contribution >= 4 is 18.3 Å². The Labute approximate surface area is 140 Å². The molecule has 1 aromatic carbocycles. The molecule has 5 nitrogen and oxygen atoms in total. The summed E-state index contributed by atoms with van der Waals surface area (Å²) in [6.45, 7) is 2.40. The Kier molecular flexibility index (Phi) is 7.06. The van der Waals surface area contributed by atoms with Crippen molar-refractivity contribution < 1.29 is 18.3 Å². The van der Waals surface area contributed by atoms with Crippen molar-refractivity contribution in [2.75, 3.05) is 13.6 Å². The zero-order chi connectivity index (χ0) is 16.1. The summed E-state index contributed by atoms with van der Waals surface area (Å²) < 4.78 is 23.7. The van der Waals surface area contributed by atoms with Crippen molar-refractivity contribution in [2.45, 2.75) is 19.6 Å². The molecule has 2 aromatic rings. The quantitative estimate of drug-likeness (QED) is 0.876. The van der Waals surface area contributed by atoms with E-state index in [2.05, 4.69) is 0 Å². The SMILES string of the molecule is CC(CN)N(C)C(=O)c1ccc(COc2ccc(F)cc2)o1.Cl. The van der Waals surface area contributed by atoms with Gasteiger partial charge in [-0.25, -0.2) is 4.39 Å². The molecule has 2 N–H and O–H groups in total. The van der Waals surface area contributed by atoms with Crippen LogP contribution in [0.3, 0.4) is 0 Å². The largest absolute Gasteiger partial charge is 0.486 e. The standard InChI is InChI=1S/C16H19FN2O3.ClH/c1-11(9-18)19(2)16(20)15-8-7-14(22-15)10-21-13-5-3-12(17)4-6-13;/h3-8,11H,9-10,18H2,1-2H3;1H. The van der Waals surface area contributed by atoms with Gasteiger partial charge >= 0.3 is 0 Å². The number of amides is 1. The molecule has 0 saturated heterocycles. The zero-order valence-electron chi connectivity index (χ0n) is 13.0. The topological polar surface area (TPSA) is 68.7 Å². The molecule has 0 bridgehead atoms. The summed E-state index contributed by atoms with van der Waals surface area (Å²) in [5.74, 6) is 0.725. The molecule has 7 heteroatoms. The van der Waals surface area contributed by atoms with Crippen molar-refractivity contribution in [1.82, 2.24) is 4.90 Å². The maximum atomic E-state index is 12.8. The van der Waals surface area contributed by atoms with E-state index in [9.17, 15) is 9.18 Å². The van der Waals surface area contributed by atoms with Gasteiger partial charge in [0.15, 0.2) is 5.76 Å². The highest BCUT2D eigenvalue weighted by atomic mass is 35.5. The monoisotopic (exact) mass is 342 g/mol. The van der Waals surface area contributed by atoms with E-state index in [-0.39, 0.29) is 42.5 Å².